The summed E-state index contributed by atoms with van der Waals surface area (Å²) in [5.74, 6) is 1.83. The predicted octanol–water partition coefficient (Wildman–Crippen LogP) is 6.67. The Hall–Kier alpha value is -2.10. The smallest absolute Gasteiger partial charge is 0.309 e. The Morgan fingerprint density at radius 3 is 2.51 bits per heavy atom. The summed E-state index contributed by atoms with van der Waals surface area (Å²) in [5.41, 5.74) is 3.00. The van der Waals surface area contributed by atoms with Gasteiger partial charge in [0.15, 0.2) is 0 Å². The van der Waals surface area contributed by atoms with Crippen LogP contribution >= 0.6 is 0 Å². The highest BCUT2D eigenvalue weighted by Gasteiger charge is 2.60. The van der Waals surface area contributed by atoms with Crippen molar-refractivity contribution in [2.24, 2.45) is 34.5 Å². The lowest BCUT2D eigenvalue weighted by Gasteiger charge is -2.58. The zero-order valence-electron chi connectivity index (χ0n) is 21.9. The van der Waals surface area contributed by atoms with Crippen LogP contribution in [-0.4, -0.2) is 24.1 Å². The van der Waals surface area contributed by atoms with E-state index in [4.69, 9.17) is 9.47 Å². The van der Waals surface area contributed by atoms with Gasteiger partial charge >= 0.3 is 11.9 Å². The first-order chi connectivity index (χ1) is 16.7. The quantitative estimate of drug-likeness (QED) is 0.350. The molecule has 35 heavy (non-hydrogen) atoms. The molecule has 1 aromatic rings. The molecule has 4 aliphatic rings. The van der Waals surface area contributed by atoms with Crippen LogP contribution in [0.4, 0.5) is 0 Å². The molecule has 3 fully saturated rings. The van der Waals surface area contributed by atoms with Gasteiger partial charge in [0.2, 0.25) is 0 Å². The number of rotatable bonds is 5. The van der Waals surface area contributed by atoms with E-state index in [1.807, 2.05) is 25.1 Å². The lowest BCUT2D eigenvalue weighted by molar-refractivity contribution is -0.160. The average Bonchev–Trinajstić information content (AvgIpc) is 3.17. The Morgan fingerprint density at radius 2 is 1.77 bits per heavy atom. The Labute approximate surface area is 210 Å². The van der Waals surface area contributed by atoms with Crippen molar-refractivity contribution >= 4 is 11.9 Å². The second kappa shape index (κ2) is 9.41. The van der Waals surface area contributed by atoms with Gasteiger partial charge in [-0.15, -0.1) is 0 Å². The van der Waals surface area contributed by atoms with E-state index in [1.165, 1.54) is 30.9 Å². The number of esters is 2. The predicted molar refractivity (Wildman–Crippen MR) is 136 cm³/mol. The summed E-state index contributed by atoms with van der Waals surface area (Å²) in [7, 11) is 0. The summed E-state index contributed by atoms with van der Waals surface area (Å²) in [5, 5.41) is 0. The normalized spacial score (nSPS) is 38.9. The molecule has 190 valence electrons. The molecule has 1 aromatic carbocycles. The van der Waals surface area contributed by atoms with Gasteiger partial charge in [0.1, 0.15) is 12.2 Å². The van der Waals surface area contributed by atoms with Crippen LogP contribution in [0.25, 0.3) is 0 Å². The van der Waals surface area contributed by atoms with Crippen LogP contribution in [0.15, 0.2) is 42.0 Å². The van der Waals surface area contributed by atoms with E-state index >= 15 is 0 Å². The number of allylic oxidation sites excluding steroid dienone is 1. The van der Waals surface area contributed by atoms with E-state index in [2.05, 4.69) is 32.1 Å². The average molecular weight is 479 g/mol. The maximum Gasteiger partial charge on any atom is 0.309 e. The third-order valence-corrected chi connectivity index (χ3v) is 10.4. The van der Waals surface area contributed by atoms with Crippen LogP contribution < -0.4 is 0 Å². The topological polar surface area (TPSA) is 52.6 Å². The van der Waals surface area contributed by atoms with Gasteiger partial charge < -0.3 is 9.47 Å². The van der Waals surface area contributed by atoms with Crippen LogP contribution in [0.2, 0.25) is 0 Å². The van der Waals surface area contributed by atoms with Crippen molar-refractivity contribution in [2.45, 2.75) is 97.7 Å². The molecule has 0 aromatic heterocycles. The number of carbonyl (C=O) groups excluding carboxylic acids is 2. The molecule has 0 unspecified atom stereocenters. The minimum atomic E-state index is -0.181. The highest BCUT2D eigenvalue weighted by Crippen LogP contribution is 2.66. The van der Waals surface area contributed by atoms with Crippen molar-refractivity contribution < 1.29 is 19.1 Å². The van der Waals surface area contributed by atoms with Crippen LogP contribution in [0, 0.1) is 34.5 Å². The molecule has 0 bridgehead atoms. The summed E-state index contributed by atoms with van der Waals surface area (Å²) in [6.07, 6.45) is 11.6. The van der Waals surface area contributed by atoms with E-state index in [0.717, 1.165) is 44.9 Å². The number of hydrogen-bond acceptors (Lipinski definition) is 4. The summed E-state index contributed by atoms with van der Waals surface area (Å²) in [4.78, 5) is 24.9. The molecule has 0 amide bonds. The molecule has 0 heterocycles. The molecule has 0 spiro atoms. The monoisotopic (exact) mass is 478 g/mol. The van der Waals surface area contributed by atoms with Crippen molar-refractivity contribution in [1.82, 2.24) is 0 Å². The van der Waals surface area contributed by atoms with E-state index < -0.39 is 0 Å². The zero-order chi connectivity index (χ0) is 24.8. The van der Waals surface area contributed by atoms with E-state index in [1.54, 1.807) is 0 Å². The molecule has 8 atom stereocenters. The zero-order valence-corrected chi connectivity index (χ0v) is 21.9. The maximum atomic E-state index is 13.4. The number of hydrogen-bond donors (Lipinski definition) is 0. The standard InChI is InChI=1S/C31H42O4/c1-20(18-22-8-6-5-7-9-22)34-29(33)28-13-12-26-25-11-10-23-19-24(35-21(2)32)14-16-30(23,3)27(25)15-17-31(26,28)4/h5-9,19-20,24-28H,10-18H2,1-4H3/t20-,24+,25+,26+,27+,28-,30+,31+/m1/s1. The first-order valence-electron chi connectivity index (χ1n) is 13.8. The molecule has 3 saturated carbocycles. The second-order valence-electron chi connectivity index (χ2n) is 12.3. The highest BCUT2D eigenvalue weighted by atomic mass is 16.5. The van der Waals surface area contributed by atoms with Gasteiger partial charge in [-0.3, -0.25) is 9.59 Å². The number of carbonyl (C=O) groups is 2. The van der Waals surface area contributed by atoms with E-state index in [-0.39, 0.29) is 40.9 Å². The summed E-state index contributed by atoms with van der Waals surface area (Å²) in [6, 6.07) is 10.3. The molecular formula is C31H42O4. The molecular weight excluding hydrogens is 436 g/mol. The molecule has 0 saturated heterocycles. The van der Waals surface area contributed by atoms with Crippen molar-refractivity contribution in [3.8, 4) is 0 Å². The summed E-state index contributed by atoms with van der Waals surface area (Å²) < 4.78 is 11.6. The minimum Gasteiger partial charge on any atom is -0.462 e. The fraction of sp³-hybridized carbons (Fsp3) is 0.677. The SMILES string of the molecule is CC(=O)O[C@@H]1C=C2CC[C@H]3[C@@H]4CC[C@H](C(=O)O[C@H](C)Cc5ccccc5)[C@@]4(C)CC[C@@H]3[C@@]2(C)CC1. The van der Waals surface area contributed by atoms with Gasteiger partial charge in [0.25, 0.3) is 0 Å². The van der Waals surface area contributed by atoms with Crippen molar-refractivity contribution in [2.75, 3.05) is 0 Å². The number of fused-ring (bicyclic) bond motifs is 5. The fourth-order valence-electron chi connectivity index (χ4n) is 8.66. The Morgan fingerprint density at radius 1 is 1.00 bits per heavy atom. The van der Waals surface area contributed by atoms with Gasteiger partial charge in [-0.05, 0) is 98.5 Å². The Kier molecular flexibility index (Phi) is 6.61. The second-order valence-corrected chi connectivity index (χ2v) is 12.3. The van der Waals surface area contributed by atoms with Gasteiger partial charge in [0, 0.05) is 13.3 Å². The van der Waals surface area contributed by atoms with Gasteiger partial charge in [0.05, 0.1) is 5.92 Å². The first-order valence-corrected chi connectivity index (χ1v) is 13.8. The molecule has 4 nitrogen and oxygen atoms in total. The highest BCUT2D eigenvalue weighted by molar-refractivity contribution is 5.74. The minimum absolute atomic E-state index is 0.0242. The summed E-state index contributed by atoms with van der Waals surface area (Å²) in [6.45, 7) is 8.39. The third-order valence-electron chi connectivity index (χ3n) is 10.4. The van der Waals surface area contributed by atoms with Crippen molar-refractivity contribution in [1.29, 1.82) is 0 Å². The lowest BCUT2D eigenvalue weighted by atomic mass is 9.47. The van der Waals surface area contributed by atoms with Crippen LogP contribution in [0.3, 0.4) is 0 Å². The summed E-state index contributed by atoms with van der Waals surface area (Å²) >= 11 is 0. The Balaban J connectivity index is 1.27. The third kappa shape index (κ3) is 4.47. The molecule has 0 radical (unpaired) electrons. The largest absolute Gasteiger partial charge is 0.462 e. The van der Waals surface area contributed by atoms with Crippen LogP contribution in [0.1, 0.15) is 84.6 Å². The molecule has 5 rings (SSSR count). The van der Waals surface area contributed by atoms with Crippen LogP contribution in [-0.2, 0) is 25.5 Å². The van der Waals surface area contributed by atoms with Crippen LogP contribution in [0.5, 0.6) is 0 Å². The Bertz CT molecular complexity index is 983. The fourth-order valence-corrected chi connectivity index (χ4v) is 8.66. The number of benzene rings is 1. The van der Waals surface area contributed by atoms with E-state index in [9.17, 15) is 9.59 Å². The molecule has 4 aliphatic carbocycles. The van der Waals surface area contributed by atoms with Crippen molar-refractivity contribution in [3.05, 3.63) is 47.5 Å². The first kappa shape index (κ1) is 24.6. The number of ether oxygens (including phenoxy) is 2. The molecule has 4 heteroatoms. The molecule has 0 aliphatic heterocycles. The van der Waals surface area contributed by atoms with Crippen molar-refractivity contribution in [3.63, 3.8) is 0 Å². The molecule has 0 N–H and O–H groups in total. The van der Waals surface area contributed by atoms with E-state index in [0.29, 0.717) is 17.8 Å². The van der Waals surface area contributed by atoms with Gasteiger partial charge in [-0.25, -0.2) is 0 Å². The lowest BCUT2D eigenvalue weighted by Crippen LogP contribution is -2.51. The maximum absolute atomic E-state index is 13.4. The van der Waals surface area contributed by atoms with Gasteiger partial charge in [-0.1, -0.05) is 49.8 Å². The van der Waals surface area contributed by atoms with Gasteiger partial charge in [-0.2, -0.15) is 0 Å².